The first kappa shape index (κ1) is 17.6. The lowest BCUT2D eigenvalue weighted by Gasteiger charge is -2.35. The van der Waals surface area contributed by atoms with E-state index < -0.39 is 0 Å². The lowest BCUT2D eigenvalue weighted by molar-refractivity contribution is 0.124. The fourth-order valence-electron chi connectivity index (χ4n) is 3.21. The molecule has 2 aromatic rings. The van der Waals surface area contributed by atoms with E-state index in [-0.39, 0.29) is 6.04 Å². The van der Waals surface area contributed by atoms with Gasteiger partial charge < -0.3 is 10.6 Å². The highest BCUT2D eigenvalue weighted by atomic mass is 79.9. The topological polar surface area (TPSA) is 32.5 Å². The maximum Gasteiger partial charge on any atom is 0.0307 e. The molecule has 1 saturated heterocycles. The zero-order chi connectivity index (χ0) is 16.8. The number of rotatable bonds is 6. The summed E-state index contributed by atoms with van der Waals surface area (Å²) in [5, 5.41) is 0. The van der Waals surface area contributed by atoms with Gasteiger partial charge in [0.1, 0.15) is 0 Å². The van der Waals surface area contributed by atoms with Crippen molar-refractivity contribution in [3.05, 3.63) is 70.2 Å². The lowest BCUT2D eigenvalue weighted by atomic mass is 10.0. The third-order valence-corrected chi connectivity index (χ3v) is 5.30. The van der Waals surface area contributed by atoms with Gasteiger partial charge >= 0.3 is 0 Å². The first-order valence-electron chi connectivity index (χ1n) is 8.70. The summed E-state index contributed by atoms with van der Waals surface area (Å²) in [7, 11) is 0. The van der Waals surface area contributed by atoms with E-state index >= 15 is 0 Å². The Hall–Kier alpha value is -1.20. The second kappa shape index (κ2) is 8.77. The smallest absolute Gasteiger partial charge is 0.0307 e. The Bertz CT molecular complexity index is 607. The van der Waals surface area contributed by atoms with Crippen molar-refractivity contribution in [1.82, 2.24) is 9.80 Å². The van der Waals surface area contributed by atoms with E-state index in [0.717, 1.165) is 50.2 Å². The van der Waals surface area contributed by atoms with Crippen molar-refractivity contribution in [3.63, 3.8) is 0 Å². The molecule has 24 heavy (non-hydrogen) atoms. The normalized spacial score (nSPS) is 17.8. The van der Waals surface area contributed by atoms with Crippen LogP contribution in [0.2, 0.25) is 0 Å². The van der Waals surface area contributed by atoms with Gasteiger partial charge in [0.05, 0.1) is 0 Å². The van der Waals surface area contributed by atoms with Crippen LogP contribution in [0.4, 0.5) is 0 Å². The molecule has 0 amide bonds. The molecule has 128 valence electrons. The van der Waals surface area contributed by atoms with Crippen molar-refractivity contribution in [1.29, 1.82) is 0 Å². The summed E-state index contributed by atoms with van der Waals surface area (Å²) in [6, 6.07) is 19.2. The molecule has 1 heterocycles. The largest absolute Gasteiger partial charge is 0.324 e. The van der Waals surface area contributed by atoms with Crippen LogP contribution in [0.25, 0.3) is 0 Å². The van der Waals surface area contributed by atoms with E-state index in [1.165, 1.54) is 11.1 Å². The molecule has 0 saturated carbocycles. The maximum absolute atomic E-state index is 6.34. The van der Waals surface area contributed by atoms with Crippen molar-refractivity contribution in [2.45, 2.75) is 19.0 Å². The van der Waals surface area contributed by atoms with Crippen molar-refractivity contribution in [3.8, 4) is 0 Å². The van der Waals surface area contributed by atoms with Gasteiger partial charge in [0.2, 0.25) is 0 Å². The van der Waals surface area contributed by atoms with E-state index in [4.69, 9.17) is 5.73 Å². The van der Waals surface area contributed by atoms with Crippen LogP contribution in [-0.2, 0) is 6.54 Å². The fraction of sp³-hybridized carbons (Fsp3) is 0.400. The Morgan fingerprint density at radius 3 is 2.17 bits per heavy atom. The second-order valence-corrected chi connectivity index (χ2v) is 7.47. The molecule has 3 nitrogen and oxygen atoms in total. The molecular weight excluding hydrogens is 362 g/mol. The van der Waals surface area contributed by atoms with Gasteiger partial charge in [-0.15, -0.1) is 0 Å². The third-order valence-electron chi connectivity index (χ3n) is 4.77. The standard InChI is InChI=1S/C20H26BrN3/c21-19-8-6-18(7-9-19)20(22)10-11-23-12-14-24(15-13-23)16-17-4-2-1-3-5-17/h1-9,20H,10-16,22H2. The number of halogens is 1. The van der Waals surface area contributed by atoms with Gasteiger partial charge in [-0.25, -0.2) is 0 Å². The van der Waals surface area contributed by atoms with Gasteiger partial charge in [-0.2, -0.15) is 0 Å². The quantitative estimate of drug-likeness (QED) is 0.820. The van der Waals surface area contributed by atoms with E-state index in [1.807, 2.05) is 0 Å². The molecular formula is C20H26BrN3. The molecule has 1 aliphatic heterocycles. The molecule has 2 N–H and O–H groups in total. The van der Waals surface area contributed by atoms with Crippen LogP contribution in [0, 0.1) is 0 Å². The molecule has 1 aliphatic rings. The van der Waals surface area contributed by atoms with Gasteiger partial charge in [-0.3, -0.25) is 4.90 Å². The first-order chi connectivity index (χ1) is 11.7. The van der Waals surface area contributed by atoms with E-state index in [0.29, 0.717) is 0 Å². The highest BCUT2D eigenvalue weighted by Crippen LogP contribution is 2.18. The Balaban J connectivity index is 1.40. The maximum atomic E-state index is 6.34. The molecule has 0 aliphatic carbocycles. The molecule has 3 rings (SSSR count). The molecule has 4 heteroatoms. The summed E-state index contributed by atoms with van der Waals surface area (Å²) in [5.41, 5.74) is 8.97. The van der Waals surface area contributed by atoms with Crippen molar-refractivity contribution >= 4 is 15.9 Å². The number of benzene rings is 2. The second-order valence-electron chi connectivity index (χ2n) is 6.55. The minimum atomic E-state index is 0.125. The first-order valence-corrected chi connectivity index (χ1v) is 9.50. The predicted molar refractivity (Wildman–Crippen MR) is 104 cm³/mol. The number of piperazine rings is 1. The Morgan fingerprint density at radius 1 is 0.875 bits per heavy atom. The van der Waals surface area contributed by atoms with Crippen molar-refractivity contribution in [2.24, 2.45) is 5.73 Å². The van der Waals surface area contributed by atoms with Crippen molar-refractivity contribution in [2.75, 3.05) is 32.7 Å². The lowest BCUT2D eigenvalue weighted by Crippen LogP contribution is -2.46. The SMILES string of the molecule is NC(CCN1CCN(Cc2ccccc2)CC1)c1ccc(Br)cc1. The molecule has 0 aromatic heterocycles. The summed E-state index contributed by atoms with van der Waals surface area (Å²) < 4.78 is 1.10. The van der Waals surface area contributed by atoms with E-state index in [1.54, 1.807) is 0 Å². The van der Waals surface area contributed by atoms with Gasteiger partial charge in [0.15, 0.2) is 0 Å². The molecule has 0 spiro atoms. The molecule has 0 bridgehead atoms. The molecule has 0 radical (unpaired) electrons. The monoisotopic (exact) mass is 387 g/mol. The summed E-state index contributed by atoms with van der Waals surface area (Å²) in [6.45, 7) is 6.70. The molecule has 1 fully saturated rings. The van der Waals surface area contributed by atoms with Crippen LogP contribution in [0.5, 0.6) is 0 Å². The fourth-order valence-corrected chi connectivity index (χ4v) is 3.48. The number of hydrogen-bond acceptors (Lipinski definition) is 3. The van der Waals surface area contributed by atoms with Crippen LogP contribution in [-0.4, -0.2) is 42.5 Å². The third kappa shape index (κ3) is 5.15. The van der Waals surface area contributed by atoms with Crippen LogP contribution >= 0.6 is 15.9 Å². The minimum Gasteiger partial charge on any atom is -0.324 e. The predicted octanol–water partition coefficient (Wildman–Crippen LogP) is 3.66. The zero-order valence-corrected chi connectivity index (χ0v) is 15.7. The Labute approximate surface area is 153 Å². The number of nitrogens with zero attached hydrogens (tertiary/aromatic N) is 2. The van der Waals surface area contributed by atoms with Crippen LogP contribution < -0.4 is 5.73 Å². The zero-order valence-electron chi connectivity index (χ0n) is 14.1. The van der Waals surface area contributed by atoms with Crippen LogP contribution in [0.3, 0.4) is 0 Å². The minimum absolute atomic E-state index is 0.125. The molecule has 2 aromatic carbocycles. The Morgan fingerprint density at radius 2 is 1.50 bits per heavy atom. The average Bonchev–Trinajstić information content (AvgIpc) is 2.62. The summed E-state index contributed by atoms with van der Waals surface area (Å²) in [4.78, 5) is 5.08. The highest BCUT2D eigenvalue weighted by molar-refractivity contribution is 9.10. The van der Waals surface area contributed by atoms with Crippen molar-refractivity contribution < 1.29 is 0 Å². The summed E-state index contributed by atoms with van der Waals surface area (Å²) in [6.07, 6.45) is 1.01. The van der Waals surface area contributed by atoms with Crippen LogP contribution in [0.1, 0.15) is 23.6 Å². The van der Waals surface area contributed by atoms with E-state index in [2.05, 4.69) is 80.3 Å². The molecule has 1 atom stereocenters. The Kier molecular flexibility index (Phi) is 6.44. The van der Waals surface area contributed by atoms with Gasteiger partial charge in [0.25, 0.3) is 0 Å². The number of nitrogens with two attached hydrogens (primary N) is 1. The number of hydrogen-bond donors (Lipinski definition) is 1. The van der Waals surface area contributed by atoms with Gasteiger partial charge in [-0.05, 0) is 29.7 Å². The molecule has 1 unspecified atom stereocenters. The summed E-state index contributed by atoms with van der Waals surface area (Å²) in [5.74, 6) is 0. The van der Waals surface area contributed by atoms with Gasteiger partial charge in [0, 0.05) is 49.8 Å². The highest BCUT2D eigenvalue weighted by Gasteiger charge is 2.17. The summed E-state index contributed by atoms with van der Waals surface area (Å²) >= 11 is 3.47. The average molecular weight is 388 g/mol. The van der Waals surface area contributed by atoms with E-state index in [9.17, 15) is 0 Å². The van der Waals surface area contributed by atoms with Gasteiger partial charge in [-0.1, -0.05) is 58.4 Å². The van der Waals surface area contributed by atoms with Crippen LogP contribution in [0.15, 0.2) is 59.1 Å².